The normalized spacial score (nSPS) is 13.8. The van der Waals surface area contributed by atoms with Gasteiger partial charge in [0.25, 0.3) is 0 Å². The number of hydrogen-bond acceptors (Lipinski definition) is 4. The van der Waals surface area contributed by atoms with Crippen LogP contribution in [0.25, 0.3) is 0 Å². The van der Waals surface area contributed by atoms with Gasteiger partial charge in [-0.25, -0.2) is 4.99 Å². The SMILES string of the molecule is CCNC(=NCc1ccc(OC)c(NC(C)=O)c1)NCc1ccc(CN2CCCC2)cc1.I. The summed E-state index contributed by atoms with van der Waals surface area (Å²) in [5, 5.41) is 9.50. The number of benzene rings is 2. The molecule has 1 heterocycles. The molecule has 7 nitrogen and oxygen atoms in total. The summed E-state index contributed by atoms with van der Waals surface area (Å²) in [6.07, 6.45) is 2.64. The third-order valence-corrected chi connectivity index (χ3v) is 5.43. The fourth-order valence-electron chi connectivity index (χ4n) is 3.80. The fourth-order valence-corrected chi connectivity index (χ4v) is 3.80. The molecule has 180 valence electrons. The maximum Gasteiger partial charge on any atom is 0.221 e. The van der Waals surface area contributed by atoms with E-state index in [1.807, 2.05) is 25.1 Å². The van der Waals surface area contributed by atoms with Crippen molar-refractivity contribution < 1.29 is 9.53 Å². The number of nitrogens with zero attached hydrogens (tertiary/aromatic N) is 2. The topological polar surface area (TPSA) is 78.0 Å². The molecule has 1 aliphatic rings. The maximum absolute atomic E-state index is 11.5. The zero-order valence-electron chi connectivity index (χ0n) is 19.8. The van der Waals surface area contributed by atoms with Crippen LogP contribution in [0, 0.1) is 0 Å². The van der Waals surface area contributed by atoms with Gasteiger partial charge in [0.15, 0.2) is 5.96 Å². The second kappa shape index (κ2) is 14.0. The molecule has 0 saturated carbocycles. The van der Waals surface area contributed by atoms with Crippen molar-refractivity contribution in [1.29, 1.82) is 0 Å². The maximum atomic E-state index is 11.5. The Hall–Kier alpha value is -2.33. The number of halogens is 1. The molecule has 1 aliphatic heterocycles. The van der Waals surface area contributed by atoms with Gasteiger partial charge in [0.1, 0.15) is 5.75 Å². The van der Waals surface area contributed by atoms with Gasteiger partial charge in [-0.2, -0.15) is 0 Å². The van der Waals surface area contributed by atoms with Crippen LogP contribution in [0.4, 0.5) is 5.69 Å². The van der Waals surface area contributed by atoms with Gasteiger partial charge in [-0.05, 0) is 61.7 Å². The summed E-state index contributed by atoms with van der Waals surface area (Å²) >= 11 is 0. The molecule has 1 saturated heterocycles. The Kier molecular flexibility index (Phi) is 11.5. The molecule has 2 aromatic rings. The summed E-state index contributed by atoms with van der Waals surface area (Å²) in [5.41, 5.74) is 4.22. The second-order valence-corrected chi connectivity index (χ2v) is 8.06. The third-order valence-electron chi connectivity index (χ3n) is 5.43. The first kappa shape index (κ1) is 26.9. The minimum atomic E-state index is -0.134. The van der Waals surface area contributed by atoms with Gasteiger partial charge in [0.05, 0.1) is 19.3 Å². The summed E-state index contributed by atoms with van der Waals surface area (Å²) in [6, 6.07) is 14.5. The van der Waals surface area contributed by atoms with E-state index in [9.17, 15) is 4.79 Å². The molecule has 0 unspecified atom stereocenters. The highest BCUT2D eigenvalue weighted by Crippen LogP contribution is 2.25. The minimum Gasteiger partial charge on any atom is -0.495 e. The first-order chi connectivity index (χ1) is 15.6. The predicted molar refractivity (Wildman–Crippen MR) is 145 cm³/mol. The van der Waals surface area contributed by atoms with Crippen LogP contribution in [-0.2, 0) is 24.4 Å². The lowest BCUT2D eigenvalue weighted by molar-refractivity contribution is -0.114. The molecule has 2 aromatic carbocycles. The first-order valence-electron chi connectivity index (χ1n) is 11.3. The summed E-state index contributed by atoms with van der Waals surface area (Å²) in [5.74, 6) is 1.25. The number of nitrogens with one attached hydrogen (secondary N) is 3. The Balaban J connectivity index is 0.00000385. The Labute approximate surface area is 214 Å². The van der Waals surface area contributed by atoms with Crippen molar-refractivity contribution >= 4 is 41.5 Å². The summed E-state index contributed by atoms with van der Waals surface area (Å²) in [6.45, 7) is 8.97. The van der Waals surface area contributed by atoms with E-state index in [2.05, 4.69) is 45.1 Å². The zero-order valence-corrected chi connectivity index (χ0v) is 22.1. The summed E-state index contributed by atoms with van der Waals surface area (Å²) < 4.78 is 5.32. The lowest BCUT2D eigenvalue weighted by Gasteiger charge is -2.15. The monoisotopic (exact) mass is 565 g/mol. The van der Waals surface area contributed by atoms with Crippen molar-refractivity contribution in [3.05, 3.63) is 59.2 Å². The Bertz CT molecular complexity index is 912. The molecule has 33 heavy (non-hydrogen) atoms. The fraction of sp³-hybridized carbons (Fsp3) is 0.440. The van der Waals surface area contributed by atoms with E-state index < -0.39 is 0 Å². The Morgan fingerprint density at radius 2 is 1.70 bits per heavy atom. The van der Waals surface area contributed by atoms with Gasteiger partial charge in [-0.15, -0.1) is 24.0 Å². The van der Waals surface area contributed by atoms with E-state index in [4.69, 9.17) is 9.73 Å². The van der Waals surface area contributed by atoms with Gasteiger partial charge in [0, 0.05) is 26.6 Å². The number of rotatable bonds is 9. The molecule has 0 aromatic heterocycles. The lowest BCUT2D eigenvalue weighted by atomic mass is 10.1. The highest BCUT2D eigenvalue weighted by Gasteiger charge is 2.11. The van der Waals surface area contributed by atoms with Gasteiger partial charge in [-0.3, -0.25) is 9.69 Å². The number of carbonyl (C=O) groups is 1. The van der Waals surface area contributed by atoms with Crippen molar-refractivity contribution in [3.63, 3.8) is 0 Å². The summed E-state index contributed by atoms with van der Waals surface area (Å²) in [4.78, 5) is 18.7. The smallest absolute Gasteiger partial charge is 0.221 e. The van der Waals surface area contributed by atoms with Crippen molar-refractivity contribution in [2.45, 2.75) is 46.3 Å². The molecule has 1 fully saturated rings. The van der Waals surface area contributed by atoms with Gasteiger partial charge >= 0.3 is 0 Å². The number of methoxy groups -OCH3 is 1. The number of ether oxygens (including phenoxy) is 1. The van der Waals surface area contributed by atoms with Crippen LogP contribution in [0.5, 0.6) is 5.75 Å². The molecule has 0 spiro atoms. The molecule has 3 N–H and O–H groups in total. The Morgan fingerprint density at radius 1 is 1.03 bits per heavy atom. The third kappa shape index (κ3) is 8.85. The van der Waals surface area contributed by atoms with Crippen molar-refractivity contribution in [1.82, 2.24) is 15.5 Å². The van der Waals surface area contributed by atoms with Crippen LogP contribution >= 0.6 is 24.0 Å². The van der Waals surface area contributed by atoms with Crippen molar-refractivity contribution in [3.8, 4) is 5.75 Å². The number of hydrogen-bond donors (Lipinski definition) is 3. The average Bonchev–Trinajstić information content (AvgIpc) is 3.29. The number of likely N-dealkylation sites (tertiary alicyclic amines) is 1. The molecule has 0 aliphatic carbocycles. The van der Waals surface area contributed by atoms with Gasteiger partial charge in [0.2, 0.25) is 5.91 Å². The van der Waals surface area contributed by atoms with Crippen molar-refractivity contribution in [2.75, 3.05) is 32.1 Å². The minimum absolute atomic E-state index is 0. The molecule has 0 radical (unpaired) electrons. The Morgan fingerprint density at radius 3 is 2.33 bits per heavy atom. The summed E-state index contributed by atoms with van der Waals surface area (Å²) in [7, 11) is 1.59. The highest BCUT2D eigenvalue weighted by atomic mass is 127. The van der Waals surface area contributed by atoms with Crippen LogP contribution in [0.15, 0.2) is 47.5 Å². The standard InChI is InChI=1S/C25H35N5O2.HI/c1-4-26-25(28-17-22-11-12-24(32-3)23(15-22)29-19(2)31)27-16-20-7-9-21(10-8-20)18-30-13-5-6-14-30;/h7-12,15H,4-6,13-14,16-18H2,1-3H3,(H,29,31)(H2,26,27,28);1H. The first-order valence-corrected chi connectivity index (χ1v) is 11.3. The highest BCUT2D eigenvalue weighted by molar-refractivity contribution is 14.0. The molecule has 8 heteroatoms. The van der Waals surface area contributed by atoms with E-state index in [0.29, 0.717) is 24.5 Å². The van der Waals surface area contributed by atoms with E-state index in [1.54, 1.807) is 7.11 Å². The number of amides is 1. The molecule has 0 bridgehead atoms. The number of aliphatic imine (C=N–C) groups is 1. The lowest BCUT2D eigenvalue weighted by Crippen LogP contribution is -2.36. The van der Waals surface area contributed by atoms with Crippen LogP contribution in [0.2, 0.25) is 0 Å². The van der Waals surface area contributed by atoms with E-state index >= 15 is 0 Å². The molecular formula is C25H36IN5O2. The predicted octanol–water partition coefficient (Wildman–Crippen LogP) is 4.12. The molecular weight excluding hydrogens is 529 g/mol. The zero-order chi connectivity index (χ0) is 22.8. The number of carbonyl (C=O) groups excluding carboxylic acids is 1. The van der Waals surface area contributed by atoms with E-state index in [0.717, 1.165) is 24.6 Å². The van der Waals surface area contributed by atoms with E-state index in [1.165, 1.54) is 44.0 Å². The molecule has 1 amide bonds. The van der Waals surface area contributed by atoms with Crippen LogP contribution in [0.3, 0.4) is 0 Å². The number of anilines is 1. The quantitative estimate of drug-likeness (QED) is 0.242. The average molecular weight is 566 g/mol. The number of guanidine groups is 1. The van der Waals surface area contributed by atoms with Crippen LogP contribution < -0.4 is 20.7 Å². The van der Waals surface area contributed by atoms with Gasteiger partial charge < -0.3 is 20.7 Å². The molecule has 3 rings (SSSR count). The van der Waals surface area contributed by atoms with Crippen LogP contribution in [-0.4, -0.2) is 43.5 Å². The van der Waals surface area contributed by atoms with E-state index in [-0.39, 0.29) is 29.9 Å². The second-order valence-electron chi connectivity index (χ2n) is 8.06. The van der Waals surface area contributed by atoms with Gasteiger partial charge in [-0.1, -0.05) is 30.3 Å². The van der Waals surface area contributed by atoms with Crippen LogP contribution in [0.1, 0.15) is 43.4 Å². The largest absolute Gasteiger partial charge is 0.495 e. The van der Waals surface area contributed by atoms with Crippen molar-refractivity contribution in [2.24, 2.45) is 4.99 Å². The molecule has 0 atom stereocenters.